The topological polar surface area (TPSA) is 21.3 Å². The summed E-state index contributed by atoms with van der Waals surface area (Å²) < 4.78 is 6.15. The summed E-state index contributed by atoms with van der Waals surface area (Å²) in [5.74, 6) is 0.611. The molecule has 0 bridgehead atoms. The molecular formula is C11H23NO. The third kappa shape index (κ3) is 2.44. The maximum Gasteiger partial charge on any atom is 0.0811 e. The first kappa shape index (κ1) is 11.0. The smallest absolute Gasteiger partial charge is 0.0811 e. The Bertz CT molecular complexity index is 179. The van der Waals surface area contributed by atoms with Gasteiger partial charge in [0.15, 0.2) is 0 Å². The fourth-order valence-electron chi connectivity index (χ4n) is 2.02. The lowest BCUT2D eigenvalue weighted by Gasteiger charge is -2.47. The van der Waals surface area contributed by atoms with Gasteiger partial charge in [-0.15, -0.1) is 0 Å². The fourth-order valence-corrected chi connectivity index (χ4v) is 2.02. The highest BCUT2D eigenvalue weighted by atomic mass is 16.5. The molecular weight excluding hydrogens is 162 g/mol. The molecule has 2 unspecified atom stereocenters. The van der Waals surface area contributed by atoms with Crippen LogP contribution in [0.15, 0.2) is 0 Å². The van der Waals surface area contributed by atoms with Crippen molar-refractivity contribution < 1.29 is 4.74 Å². The lowest BCUT2D eigenvalue weighted by Crippen LogP contribution is -2.59. The van der Waals surface area contributed by atoms with Crippen LogP contribution in [0.5, 0.6) is 0 Å². The molecule has 1 saturated heterocycles. The lowest BCUT2D eigenvalue weighted by atomic mass is 9.85. The third-order valence-electron chi connectivity index (χ3n) is 3.19. The zero-order valence-corrected chi connectivity index (χ0v) is 9.61. The van der Waals surface area contributed by atoms with E-state index in [0.29, 0.717) is 5.92 Å². The van der Waals surface area contributed by atoms with Crippen LogP contribution in [0, 0.1) is 5.92 Å². The molecule has 1 aliphatic heterocycles. The predicted molar refractivity (Wildman–Crippen MR) is 55.9 cm³/mol. The zero-order valence-electron chi connectivity index (χ0n) is 9.61. The van der Waals surface area contributed by atoms with Gasteiger partial charge >= 0.3 is 0 Å². The summed E-state index contributed by atoms with van der Waals surface area (Å²) in [6.07, 6.45) is 1.17. The van der Waals surface area contributed by atoms with Crippen LogP contribution in [0.4, 0.5) is 0 Å². The second kappa shape index (κ2) is 3.58. The number of hydrogen-bond acceptors (Lipinski definition) is 2. The van der Waals surface area contributed by atoms with Crippen molar-refractivity contribution in [1.29, 1.82) is 0 Å². The molecule has 2 heteroatoms. The van der Waals surface area contributed by atoms with Crippen LogP contribution in [0.3, 0.4) is 0 Å². The first-order chi connectivity index (χ1) is 5.90. The summed E-state index contributed by atoms with van der Waals surface area (Å²) in [4.78, 5) is 0. The molecule has 2 nitrogen and oxygen atoms in total. The van der Waals surface area contributed by atoms with Gasteiger partial charge in [-0.25, -0.2) is 0 Å². The highest BCUT2D eigenvalue weighted by molar-refractivity contribution is 4.92. The fraction of sp³-hybridized carbons (Fsp3) is 1.00. The van der Waals surface area contributed by atoms with Crippen molar-refractivity contribution in [3.8, 4) is 0 Å². The summed E-state index contributed by atoms with van der Waals surface area (Å²) in [5.41, 5.74) is -0.00701. The van der Waals surface area contributed by atoms with Crippen molar-refractivity contribution in [3.63, 3.8) is 0 Å². The molecule has 2 atom stereocenters. The van der Waals surface area contributed by atoms with Gasteiger partial charge in [-0.2, -0.15) is 0 Å². The van der Waals surface area contributed by atoms with Gasteiger partial charge in [0, 0.05) is 13.1 Å². The molecule has 0 amide bonds. The van der Waals surface area contributed by atoms with E-state index in [2.05, 4.69) is 39.9 Å². The monoisotopic (exact) mass is 185 g/mol. The molecule has 0 aliphatic carbocycles. The van der Waals surface area contributed by atoms with Crippen LogP contribution in [0.1, 0.15) is 41.0 Å². The molecule has 0 aromatic carbocycles. The minimum Gasteiger partial charge on any atom is -0.366 e. The summed E-state index contributed by atoms with van der Waals surface area (Å²) in [6.45, 7) is 12.9. The highest BCUT2D eigenvalue weighted by Gasteiger charge is 2.40. The predicted octanol–water partition coefficient (Wildman–Crippen LogP) is 2.19. The van der Waals surface area contributed by atoms with E-state index in [1.807, 2.05) is 0 Å². The average molecular weight is 185 g/mol. The molecule has 1 heterocycles. The molecule has 0 spiro atoms. The van der Waals surface area contributed by atoms with E-state index < -0.39 is 0 Å². The Morgan fingerprint density at radius 1 is 1.31 bits per heavy atom. The largest absolute Gasteiger partial charge is 0.366 e. The molecule has 78 valence electrons. The average Bonchev–Trinajstić information content (AvgIpc) is 2.00. The molecule has 1 N–H and O–H groups in total. The van der Waals surface area contributed by atoms with Crippen molar-refractivity contribution in [2.45, 2.75) is 52.2 Å². The first-order valence-electron chi connectivity index (χ1n) is 5.30. The van der Waals surface area contributed by atoms with Crippen molar-refractivity contribution in [1.82, 2.24) is 5.32 Å². The minimum absolute atomic E-state index is 0.0104. The summed E-state index contributed by atoms with van der Waals surface area (Å²) in [7, 11) is 0. The Kier molecular flexibility index (Phi) is 3.03. The molecule has 0 aromatic rings. The molecule has 0 radical (unpaired) electrons. The van der Waals surface area contributed by atoms with Crippen LogP contribution in [0.2, 0.25) is 0 Å². The van der Waals surface area contributed by atoms with Crippen LogP contribution < -0.4 is 5.32 Å². The van der Waals surface area contributed by atoms with Crippen LogP contribution in [-0.4, -0.2) is 24.3 Å². The Balaban J connectivity index is 2.68. The van der Waals surface area contributed by atoms with E-state index in [0.717, 1.165) is 13.1 Å². The van der Waals surface area contributed by atoms with E-state index in [9.17, 15) is 0 Å². The van der Waals surface area contributed by atoms with Gasteiger partial charge in [0.25, 0.3) is 0 Å². The first-order valence-corrected chi connectivity index (χ1v) is 5.30. The van der Waals surface area contributed by atoms with E-state index in [-0.39, 0.29) is 11.2 Å². The molecule has 0 saturated carbocycles. The van der Waals surface area contributed by atoms with Crippen molar-refractivity contribution >= 4 is 0 Å². The normalized spacial score (nSPS) is 35.8. The minimum atomic E-state index is -0.0174. The number of ether oxygens (including phenoxy) is 1. The van der Waals surface area contributed by atoms with Gasteiger partial charge in [0.2, 0.25) is 0 Å². The molecule has 0 aromatic heterocycles. The second-order valence-electron chi connectivity index (χ2n) is 5.09. The lowest BCUT2D eigenvalue weighted by molar-refractivity contribution is -0.175. The number of nitrogens with one attached hydrogen (secondary N) is 1. The molecule has 1 fully saturated rings. The maximum atomic E-state index is 6.15. The van der Waals surface area contributed by atoms with Gasteiger partial charge in [-0.1, -0.05) is 20.3 Å². The highest BCUT2D eigenvalue weighted by Crippen LogP contribution is 2.31. The van der Waals surface area contributed by atoms with Gasteiger partial charge < -0.3 is 10.1 Å². The van der Waals surface area contributed by atoms with Crippen molar-refractivity contribution in [2.24, 2.45) is 5.92 Å². The van der Waals surface area contributed by atoms with E-state index in [1.165, 1.54) is 6.42 Å². The van der Waals surface area contributed by atoms with Crippen LogP contribution in [0.25, 0.3) is 0 Å². The third-order valence-corrected chi connectivity index (χ3v) is 3.19. The second-order valence-corrected chi connectivity index (χ2v) is 5.09. The van der Waals surface area contributed by atoms with E-state index >= 15 is 0 Å². The number of morpholine rings is 1. The Hall–Kier alpha value is -0.0800. The SMILES string of the molecule is CCC(C)C1(C)CNCC(C)(C)O1. The Morgan fingerprint density at radius 2 is 1.92 bits per heavy atom. The summed E-state index contributed by atoms with van der Waals surface area (Å²) in [5, 5.41) is 3.46. The molecule has 13 heavy (non-hydrogen) atoms. The Morgan fingerprint density at radius 3 is 2.38 bits per heavy atom. The van der Waals surface area contributed by atoms with Crippen molar-refractivity contribution in [2.75, 3.05) is 13.1 Å². The maximum absolute atomic E-state index is 6.15. The van der Waals surface area contributed by atoms with Gasteiger partial charge in [0.1, 0.15) is 0 Å². The zero-order chi connectivity index (χ0) is 10.1. The summed E-state index contributed by atoms with van der Waals surface area (Å²) in [6, 6.07) is 0. The quantitative estimate of drug-likeness (QED) is 0.712. The molecule has 1 rings (SSSR count). The van der Waals surface area contributed by atoms with Gasteiger partial charge in [-0.05, 0) is 26.7 Å². The standard InChI is InChI=1S/C11H23NO/c1-6-9(2)11(5)8-12-7-10(3,4)13-11/h9,12H,6-8H2,1-5H3. The van der Waals surface area contributed by atoms with Crippen LogP contribution in [-0.2, 0) is 4.74 Å². The number of rotatable bonds is 2. The van der Waals surface area contributed by atoms with E-state index in [4.69, 9.17) is 4.74 Å². The van der Waals surface area contributed by atoms with Gasteiger partial charge in [-0.3, -0.25) is 0 Å². The number of hydrogen-bond donors (Lipinski definition) is 1. The van der Waals surface area contributed by atoms with Crippen LogP contribution >= 0.6 is 0 Å². The molecule has 1 aliphatic rings. The van der Waals surface area contributed by atoms with Gasteiger partial charge in [0.05, 0.1) is 11.2 Å². The summed E-state index contributed by atoms with van der Waals surface area (Å²) >= 11 is 0. The van der Waals surface area contributed by atoms with E-state index in [1.54, 1.807) is 0 Å². The Labute approximate surface area is 82.0 Å². The van der Waals surface area contributed by atoms with Crippen molar-refractivity contribution in [3.05, 3.63) is 0 Å².